The fraction of sp³-hybridized carbons (Fsp3) is 0.909. The molecule has 0 unspecified atom stereocenters. The van der Waals surface area contributed by atoms with Crippen molar-refractivity contribution in [1.29, 1.82) is 0 Å². The molecule has 0 fully saturated rings. The van der Waals surface area contributed by atoms with Crippen molar-refractivity contribution in [1.82, 2.24) is 0 Å². The fourth-order valence-electron chi connectivity index (χ4n) is 1.99. The minimum absolute atomic E-state index is 0.113. The number of hydrogen-bond donors (Lipinski definition) is 0. The summed E-state index contributed by atoms with van der Waals surface area (Å²) in [4.78, 5) is 11.6. The molecule has 0 aliphatic carbocycles. The van der Waals surface area contributed by atoms with E-state index in [9.17, 15) is 4.79 Å². The van der Waals surface area contributed by atoms with Crippen LogP contribution in [0, 0.1) is 11.3 Å². The van der Waals surface area contributed by atoms with Crippen LogP contribution in [-0.4, -0.2) is 5.78 Å². The summed E-state index contributed by atoms with van der Waals surface area (Å²) in [5.74, 6) is 0.946. The smallest absolute Gasteiger partial charge is 0.138 e. The van der Waals surface area contributed by atoms with Gasteiger partial charge in [0.05, 0.1) is 0 Å². The van der Waals surface area contributed by atoms with E-state index < -0.39 is 0 Å². The van der Waals surface area contributed by atoms with Crippen molar-refractivity contribution >= 4 is 5.78 Å². The molecule has 0 bridgehead atoms. The predicted molar refractivity (Wildman–Crippen MR) is 53.2 cm³/mol. The third kappa shape index (κ3) is 2.33. The van der Waals surface area contributed by atoms with Gasteiger partial charge < -0.3 is 0 Å². The molecule has 0 aromatic carbocycles. The van der Waals surface area contributed by atoms with Crippen LogP contribution in [-0.2, 0) is 4.79 Å². The van der Waals surface area contributed by atoms with Gasteiger partial charge in [-0.15, -0.1) is 0 Å². The van der Waals surface area contributed by atoms with Crippen LogP contribution in [0.1, 0.15) is 53.9 Å². The van der Waals surface area contributed by atoms with Crippen LogP contribution in [0.25, 0.3) is 0 Å². The Morgan fingerprint density at radius 2 is 1.58 bits per heavy atom. The molecule has 0 amide bonds. The minimum atomic E-state index is -0.113. The molecule has 0 spiro atoms. The highest BCUT2D eigenvalue weighted by Gasteiger charge is 2.32. The molecule has 0 saturated carbocycles. The highest BCUT2D eigenvalue weighted by Crippen LogP contribution is 2.33. The van der Waals surface area contributed by atoms with E-state index in [1.165, 1.54) is 0 Å². The van der Waals surface area contributed by atoms with E-state index in [0.29, 0.717) is 18.1 Å². The van der Waals surface area contributed by atoms with Crippen molar-refractivity contribution in [3.63, 3.8) is 0 Å². The van der Waals surface area contributed by atoms with Gasteiger partial charge in [-0.05, 0) is 5.92 Å². The summed E-state index contributed by atoms with van der Waals surface area (Å²) < 4.78 is 0. The molecule has 0 atom stereocenters. The number of Topliss-reactive ketones (excluding diaryl/α,β-unsaturated/α-hetero) is 1. The van der Waals surface area contributed by atoms with Gasteiger partial charge in [0.1, 0.15) is 5.78 Å². The Bertz CT molecular complexity index is 143. The Morgan fingerprint density at radius 3 is 1.83 bits per heavy atom. The van der Waals surface area contributed by atoms with E-state index in [2.05, 4.69) is 27.7 Å². The molecule has 1 heteroatoms. The summed E-state index contributed by atoms with van der Waals surface area (Å²) in [6.45, 7) is 10.4. The van der Waals surface area contributed by atoms with E-state index in [0.717, 1.165) is 12.8 Å². The highest BCUT2D eigenvalue weighted by molar-refractivity contribution is 5.84. The average molecular weight is 170 g/mol. The maximum absolute atomic E-state index is 11.6. The molecule has 72 valence electrons. The molecular formula is C11H22O. The van der Waals surface area contributed by atoms with E-state index in [4.69, 9.17) is 0 Å². The lowest BCUT2D eigenvalue weighted by atomic mass is 9.72. The Balaban J connectivity index is 4.44. The normalized spacial score (nSPS) is 12.2. The SMILES string of the molecule is CCC(=O)C(C)(C)C(CC)CC. The highest BCUT2D eigenvalue weighted by atomic mass is 16.1. The van der Waals surface area contributed by atoms with Crippen LogP contribution in [0.15, 0.2) is 0 Å². The summed E-state index contributed by atoms with van der Waals surface area (Å²) in [6.07, 6.45) is 2.88. The zero-order chi connectivity index (χ0) is 9.78. The predicted octanol–water partition coefficient (Wildman–Crippen LogP) is 3.43. The molecule has 0 N–H and O–H groups in total. The largest absolute Gasteiger partial charge is 0.299 e. The van der Waals surface area contributed by atoms with Crippen molar-refractivity contribution in [2.75, 3.05) is 0 Å². The zero-order valence-corrected chi connectivity index (χ0v) is 9.11. The Morgan fingerprint density at radius 1 is 1.17 bits per heavy atom. The van der Waals surface area contributed by atoms with E-state index in [1.54, 1.807) is 0 Å². The number of carbonyl (C=O) groups is 1. The van der Waals surface area contributed by atoms with Crippen LogP contribution >= 0.6 is 0 Å². The van der Waals surface area contributed by atoms with Gasteiger partial charge in [-0.3, -0.25) is 4.79 Å². The molecule has 0 aromatic heterocycles. The third-order valence-corrected chi connectivity index (χ3v) is 3.05. The van der Waals surface area contributed by atoms with Crippen LogP contribution in [0.5, 0.6) is 0 Å². The fourth-order valence-corrected chi connectivity index (χ4v) is 1.99. The molecule has 0 aliphatic rings. The first-order chi connectivity index (χ1) is 5.50. The van der Waals surface area contributed by atoms with Gasteiger partial charge >= 0.3 is 0 Å². The van der Waals surface area contributed by atoms with Gasteiger partial charge in [-0.25, -0.2) is 0 Å². The van der Waals surface area contributed by atoms with Gasteiger partial charge in [0.25, 0.3) is 0 Å². The minimum Gasteiger partial charge on any atom is -0.299 e. The van der Waals surface area contributed by atoms with Crippen LogP contribution in [0.3, 0.4) is 0 Å². The van der Waals surface area contributed by atoms with Gasteiger partial charge in [-0.2, -0.15) is 0 Å². The first-order valence-electron chi connectivity index (χ1n) is 5.03. The summed E-state index contributed by atoms with van der Waals surface area (Å²) in [5, 5.41) is 0. The molecule has 12 heavy (non-hydrogen) atoms. The van der Waals surface area contributed by atoms with Crippen LogP contribution in [0.2, 0.25) is 0 Å². The molecule has 0 aliphatic heterocycles. The number of carbonyl (C=O) groups excluding carboxylic acids is 1. The second-order valence-corrected chi connectivity index (χ2v) is 4.01. The quantitative estimate of drug-likeness (QED) is 0.618. The Kier molecular flexibility index (Phi) is 4.51. The van der Waals surface area contributed by atoms with Gasteiger partial charge in [-0.1, -0.05) is 47.5 Å². The van der Waals surface area contributed by atoms with E-state index in [-0.39, 0.29) is 5.41 Å². The molecule has 0 aromatic rings. The zero-order valence-electron chi connectivity index (χ0n) is 9.11. The summed E-state index contributed by atoms with van der Waals surface area (Å²) in [6, 6.07) is 0. The Labute approximate surface area is 76.6 Å². The number of rotatable bonds is 5. The lowest BCUT2D eigenvalue weighted by Gasteiger charge is -2.31. The van der Waals surface area contributed by atoms with Crippen molar-refractivity contribution in [2.45, 2.75) is 53.9 Å². The second kappa shape index (κ2) is 4.64. The van der Waals surface area contributed by atoms with Crippen molar-refractivity contribution < 1.29 is 4.79 Å². The lowest BCUT2D eigenvalue weighted by Crippen LogP contribution is -2.31. The number of ketones is 1. The summed E-state index contributed by atoms with van der Waals surface area (Å²) in [7, 11) is 0. The molecule has 0 rings (SSSR count). The van der Waals surface area contributed by atoms with Crippen molar-refractivity contribution in [2.24, 2.45) is 11.3 Å². The summed E-state index contributed by atoms with van der Waals surface area (Å²) in [5.41, 5.74) is -0.113. The van der Waals surface area contributed by atoms with Crippen molar-refractivity contribution in [3.8, 4) is 0 Å². The van der Waals surface area contributed by atoms with Gasteiger partial charge in [0, 0.05) is 11.8 Å². The molecule has 0 saturated heterocycles. The topological polar surface area (TPSA) is 17.1 Å². The van der Waals surface area contributed by atoms with Crippen LogP contribution < -0.4 is 0 Å². The average Bonchev–Trinajstić information content (AvgIpc) is 2.04. The van der Waals surface area contributed by atoms with Gasteiger partial charge in [0.15, 0.2) is 0 Å². The summed E-state index contributed by atoms with van der Waals surface area (Å²) >= 11 is 0. The molecular weight excluding hydrogens is 148 g/mol. The third-order valence-electron chi connectivity index (χ3n) is 3.05. The molecule has 0 radical (unpaired) electrons. The van der Waals surface area contributed by atoms with Gasteiger partial charge in [0.2, 0.25) is 0 Å². The molecule has 1 nitrogen and oxygen atoms in total. The van der Waals surface area contributed by atoms with Crippen molar-refractivity contribution in [3.05, 3.63) is 0 Å². The lowest BCUT2D eigenvalue weighted by molar-refractivity contribution is -0.129. The second-order valence-electron chi connectivity index (χ2n) is 4.01. The van der Waals surface area contributed by atoms with Crippen LogP contribution in [0.4, 0.5) is 0 Å². The molecule has 0 heterocycles. The first-order valence-corrected chi connectivity index (χ1v) is 5.03. The van der Waals surface area contributed by atoms with E-state index >= 15 is 0 Å². The first kappa shape index (κ1) is 11.7. The maximum Gasteiger partial charge on any atom is 0.138 e. The monoisotopic (exact) mass is 170 g/mol. The van der Waals surface area contributed by atoms with E-state index in [1.807, 2.05) is 6.92 Å². The number of hydrogen-bond acceptors (Lipinski definition) is 1. The maximum atomic E-state index is 11.6. The standard InChI is InChI=1S/C11H22O/c1-6-9(7-2)11(4,5)10(12)8-3/h9H,6-8H2,1-5H3. The Hall–Kier alpha value is -0.330.